The Kier molecular flexibility index (Phi) is 9.71. The van der Waals surface area contributed by atoms with Gasteiger partial charge in [-0.25, -0.2) is 0 Å². The van der Waals surface area contributed by atoms with Crippen molar-refractivity contribution in [1.29, 1.82) is 0 Å². The first-order chi connectivity index (χ1) is 14.4. The molecule has 0 saturated carbocycles. The number of allylic oxidation sites excluding steroid dienone is 1. The minimum Gasteiger partial charge on any atom is -1.00 e. The number of rotatable bonds is 5. The number of hydrogen-bond acceptors (Lipinski definition) is 1. The molecule has 0 spiro atoms. The van der Waals surface area contributed by atoms with Crippen molar-refractivity contribution >= 4 is 28.3 Å². The molecule has 0 heterocycles. The van der Waals surface area contributed by atoms with Gasteiger partial charge in [-0.05, 0) is 0 Å². The Bertz CT molecular complexity index is 1010. The van der Waals surface area contributed by atoms with Crippen LogP contribution in [0.3, 0.4) is 0 Å². The van der Waals surface area contributed by atoms with Crippen molar-refractivity contribution < 1.29 is 50.5 Å². The molecule has 0 aliphatic heterocycles. The smallest absolute Gasteiger partial charge is 1.00 e. The van der Waals surface area contributed by atoms with E-state index in [2.05, 4.69) is 100 Å². The van der Waals surface area contributed by atoms with Crippen molar-refractivity contribution in [2.24, 2.45) is 5.41 Å². The molecule has 0 fully saturated rings. The molecule has 1 amide bonds. The van der Waals surface area contributed by atoms with Crippen molar-refractivity contribution in [3.05, 3.63) is 102 Å². The Morgan fingerprint density at radius 3 is 1.84 bits per heavy atom. The van der Waals surface area contributed by atoms with Crippen LogP contribution in [0, 0.1) is 5.41 Å². The zero-order valence-corrected chi connectivity index (χ0v) is 24.8. The fourth-order valence-electron chi connectivity index (χ4n) is 4.01. The molecular formula is C26H28Cl2HfNOSi. The SMILES string of the molecule is CC(C)(C)C(=O)[NH][Hf+2]([CH]1C=Cc2ccccc21)[SiH](c1ccccc1)c1ccccc1.[Cl-].[Cl-]. The molecule has 0 aromatic heterocycles. The first-order valence-electron chi connectivity index (χ1n) is 10.5. The quantitative estimate of drug-likeness (QED) is 0.319. The third kappa shape index (κ3) is 5.90. The zero-order chi connectivity index (χ0) is 21.1. The fraction of sp³-hybridized carbons (Fsp3) is 0.192. The largest absolute Gasteiger partial charge is 1.00 e. The average Bonchev–Trinajstić information content (AvgIpc) is 3.18. The first-order valence-corrected chi connectivity index (χ1v) is 22.3. The van der Waals surface area contributed by atoms with Crippen molar-refractivity contribution in [2.75, 3.05) is 0 Å². The molecule has 4 rings (SSSR count). The van der Waals surface area contributed by atoms with Gasteiger partial charge in [-0.3, -0.25) is 0 Å². The molecule has 1 aliphatic carbocycles. The average molecular weight is 648 g/mol. The molecule has 1 aliphatic rings. The molecule has 165 valence electrons. The monoisotopic (exact) mass is 648 g/mol. The van der Waals surface area contributed by atoms with E-state index in [1.807, 2.05) is 20.8 Å². The van der Waals surface area contributed by atoms with Crippen LogP contribution < -0.4 is 38.5 Å². The second kappa shape index (κ2) is 11.6. The second-order valence-corrected chi connectivity index (χ2v) is 28.8. The van der Waals surface area contributed by atoms with Crippen LogP contribution in [0.2, 0.25) is 0 Å². The number of carbonyl (C=O) groups is 1. The third-order valence-corrected chi connectivity index (χ3v) is 32.5. The first kappa shape index (κ1) is 26.8. The Morgan fingerprint density at radius 2 is 1.31 bits per heavy atom. The molecule has 6 heteroatoms. The van der Waals surface area contributed by atoms with Crippen LogP contribution in [0.1, 0.15) is 35.6 Å². The van der Waals surface area contributed by atoms with E-state index in [0.717, 1.165) is 0 Å². The summed E-state index contributed by atoms with van der Waals surface area (Å²) in [6, 6.07) is 30.6. The van der Waals surface area contributed by atoms with E-state index >= 15 is 0 Å². The van der Waals surface area contributed by atoms with E-state index in [4.69, 9.17) is 0 Å². The van der Waals surface area contributed by atoms with Gasteiger partial charge in [-0.15, -0.1) is 0 Å². The summed E-state index contributed by atoms with van der Waals surface area (Å²) < 4.78 is 4.11. The van der Waals surface area contributed by atoms with Gasteiger partial charge in [0.1, 0.15) is 0 Å². The minimum atomic E-state index is -2.78. The topological polar surface area (TPSA) is 29.1 Å². The predicted octanol–water partition coefficient (Wildman–Crippen LogP) is -2.00. The maximum atomic E-state index is 13.3. The van der Waals surface area contributed by atoms with Gasteiger partial charge in [-0.2, -0.15) is 0 Å². The molecule has 1 N–H and O–H groups in total. The molecule has 1 unspecified atom stereocenters. The van der Waals surface area contributed by atoms with E-state index in [9.17, 15) is 4.79 Å². The Hall–Kier alpha value is -1.46. The number of nitrogens with one attached hydrogen (secondary N) is 1. The molecular weight excluding hydrogens is 620 g/mol. The van der Waals surface area contributed by atoms with Crippen LogP contribution in [0.25, 0.3) is 6.08 Å². The van der Waals surface area contributed by atoms with E-state index in [1.165, 1.54) is 21.5 Å². The maximum Gasteiger partial charge on any atom is -1.00 e. The molecule has 3 aromatic rings. The normalized spacial score (nSPS) is 14.2. The summed E-state index contributed by atoms with van der Waals surface area (Å²) >= 11 is -2.78. The Morgan fingerprint density at radius 1 is 0.812 bits per heavy atom. The second-order valence-electron chi connectivity index (χ2n) is 8.88. The molecule has 2 nitrogen and oxygen atoms in total. The number of hydrogen-bond donors (Lipinski definition) is 1. The van der Waals surface area contributed by atoms with Gasteiger partial charge in [0.15, 0.2) is 0 Å². The van der Waals surface area contributed by atoms with Gasteiger partial charge in [0.2, 0.25) is 0 Å². The molecule has 32 heavy (non-hydrogen) atoms. The van der Waals surface area contributed by atoms with Gasteiger partial charge in [0.05, 0.1) is 0 Å². The standard InChI is InChI=1S/C12H11Si.C9H7.C5H11NO.2ClH.Hf/c1-3-7-11(8-4-1)13-12-9-5-2-6-10-12;1-2-5-9-7-3-6-8(9)4-1;1-5(2,3)4(6)7;;;/h1-10,13H;1-7H;1-3H3,(H2,6,7);2*1H;/q;;;;;+3/p-3. The zero-order valence-electron chi connectivity index (χ0n) is 18.6. The van der Waals surface area contributed by atoms with Crippen molar-refractivity contribution in [3.8, 4) is 0 Å². The van der Waals surface area contributed by atoms with Crippen molar-refractivity contribution in [3.63, 3.8) is 0 Å². The third-order valence-electron chi connectivity index (χ3n) is 5.65. The van der Waals surface area contributed by atoms with E-state index in [-0.39, 0.29) is 36.1 Å². The van der Waals surface area contributed by atoms with Crippen LogP contribution in [0.15, 0.2) is 91.0 Å². The van der Waals surface area contributed by atoms with Gasteiger partial charge in [0.25, 0.3) is 0 Å². The Labute approximate surface area is 212 Å². The summed E-state index contributed by atoms with van der Waals surface area (Å²) in [6.07, 6.45) is 4.64. The van der Waals surface area contributed by atoms with Crippen molar-refractivity contribution in [1.82, 2.24) is 3.30 Å². The van der Waals surface area contributed by atoms with Crippen LogP contribution in [-0.4, -0.2) is 11.9 Å². The molecule has 0 bridgehead atoms. The number of amides is 1. The summed E-state index contributed by atoms with van der Waals surface area (Å²) in [5.74, 6) is -1.37. The summed E-state index contributed by atoms with van der Waals surface area (Å²) in [5, 5.41) is 2.89. The van der Waals surface area contributed by atoms with E-state index in [0.29, 0.717) is 3.67 Å². The summed E-state index contributed by atoms with van der Waals surface area (Å²) in [6.45, 7) is 6.06. The van der Waals surface area contributed by atoms with E-state index < -0.39 is 26.9 Å². The predicted molar refractivity (Wildman–Crippen MR) is 125 cm³/mol. The van der Waals surface area contributed by atoms with Crippen LogP contribution in [0.5, 0.6) is 0 Å². The summed E-state index contributed by atoms with van der Waals surface area (Å²) in [7, 11) is 0. The van der Waals surface area contributed by atoms with Crippen LogP contribution in [0.4, 0.5) is 0 Å². The molecule has 3 aromatic carbocycles. The van der Waals surface area contributed by atoms with Crippen LogP contribution in [-0.2, 0) is 25.7 Å². The van der Waals surface area contributed by atoms with Gasteiger partial charge < -0.3 is 24.8 Å². The number of fused-ring (bicyclic) bond motifs is 1. The number of carbonyl (C=O) groups excluding carboxylic acids is 1. The fourth-order valence-corrected chi connectivity index (χ4v) is 33.7. The van der Waals surface area contributed by atoms with E-state index in [1.54, 1.807) is 0 Å². The summed E-state index contributed by atoms with van der Waals surface area (Å²) in [4.78, 5) is 13.3. The molecule has 0 radical (unpaired) electrons. The van der Waals surface area contributed by atoms with Gasteiger partial charge in [-0.1, -0.05) is 0 Å². The number of halogens is 2. The number of benzene rings is 3. The molecule has 0 saturated heterocycles. The Balaban J connectivity index is 0.00000181. The summed E-state index contributed by atoms with van der Waals surface area (Å²) in [5.41, 5.74) is 2.33. The molecule has 1 atom stereocenters. The van der Waals surface area contributed by atoms with Crippen LogP contribution >= 0.6 is 0 Å². The minimum absolute atomic E-state index is 0. The van der Waals surface area contributed by atoms with Gasteiger partial charge >= 0.3 is 189 Å². The van der Waals surface area contributed by atoms with Gasteiger partial charge in [0, 0.05) is 0 Å². The van der Waals surface area contributed by atoms with Crippen molar-refractivity contribution in [2.45, 2.75) is 24.4 Å². The maximum absolute atomic E-state index is 13.3.